The van der Waals surface area contributed by atoms with Gasteiger partial charge in [0.15, 0.2) is 5.69 Å². The van der Waals surface area contributed by atoms with E-state index in [1.165, 1.54) is 18.3 Å². The summed E-state index contributed by atoms with van der Waals surface area (Å²) in [6.07, 6.45) is -0.863. The number of amides is 2. The van der Waals surface area contributed by atoms with Gasteiger partial charge in [0.2, 0.25) is 5.76 Å². The molecule has 13 heteroatoms. The maximum Gasteiger partial charge on any atom is 0.437 e. The normalized spacial score (nSPS) is 18.1. The molecule has 42 heavy (non-hydrogen) atoms. The number of piperidine rings is 2. The topological polar surface area (TPSA) is 129 Å². The molecule has 2 N–H and O–H groups in total. The van der Waals surface area contributed by atoms with Gasteiger partial charge in [-0.1, -0.05) is 19.1 Å². The number of oxazole rings is 1. The summed E-state index contributed by atoms with van der Waals surface area (Å²) >= 11 is 0. The first kappa shape index (κ1) is 29.1. The molecular weight excluding hydrogens is 555 g/mol. The predicted molar refractivity (Wildman–Crippen MR) is 146 cm³/mol. The monoisotopic (exact) mass is 585 g/mol. The molecular formula is C29H30F3N5O5. The number of halogens is 3. The van der Waals surface area contributed by atoms with Gasteiger partial charge in [-0.2, -0.15) is 18.2 Å². The smallest absolute Gasteiger partial charge is 0.437 e. The van der Waals surface area contributed by atoms with Crippen LogP contribution in [-0.4, -0.2) is 63.9 Å². The second kappa shape index (κ2) is 11.8. The Morgan fingerprint density at radius 1 is 1.02 bits per heavy atom. The minimum Gasteiger partial charge on any atom is -0.481 e. The number of nitrogens with one attached hydrogen (secondary N) is 1. The highest BCUT2D eigenvalue weighted by atomic mass is 19.4. The molecule has 1 unspecified atom stereocenters. The zero-order chi connectivity index (χ0) is 30.0. The number of nitrogens with zero attached hydrogens (tertiary/aromatic N) is 4. The number of alkyl halides is 3. The highest BCUT2D eigenvalue weighted by molar-refractivity contribution is 6.03. The maximum absolute atomic E-state index is 13.7. The van der Waals surface area contributed by atoms with E-state index >= 15 is 0 Å². The van der Waals surface area contributed by atoms with Crippen LogP contribution in [-0.2, 0) is 11.0 Å². The molecule has 10 nitrogen and oxygen atoms in total. The number of benzene rings is 1. The van der Waals surface area contributed by atoms with Gasteiger partial charge in [0, 0.05) is 43.6 Å². The van der Waals surface area contributed by atoms with Crippen molar-refractivity contribution in [3.8, 4) is 11.3 Å². The van der Waals surface area contributed by atoms with Crippen molar-refractivity contribution in [2.75, 3.05) is 36.4 Å². The van der Waals surface area contributed by atoms with Crippen molar-refractivity contribution < 1.29 is 37.1 Å². The lowest BCUT2D eigenvalue weighted by Gasteiger charge is -2.30. The third-order valence-corrected chi connectivity index (χ3v) is 7.60. The molecule has 1 aromatic carbocycles. The van der Waals surface area contributed by atoms with Crippen LogP contribution in [0.3, 0.4) is 0 Å². The van der Waals surface area contributed by atoms with Crippen LogP contribution >= 0.6 is 0 Å². The molecule has 2 amide bonds. The molecule has 0 aliphatic carbocycles. The summed E-state index contributed by atoms with van der Waals surface area (Å²) in [5, 5.41) is 11.6. The Kier molecular flexibility index (Phi) is 8.19. The molecule has 3 aromatic rings. The van der Waals surface area contributed by atoms with Crippen LogP contribution < -0.4 is 10.2 Å². The van der Waals surface area contributed by atoms with Crippen molar-refractivity contribution in [3.63, 3.8) is 0 Å². The third-order valence-electron chi connectivity index (χ3n) is 7.60. The standard InChI is InChI=1S/C29H30F3N5O5/c1-17-3-2-12-37(16-17)28-35-24(29(30,31)32)23(42-28)25(38)34-21-7-4-18(5-8-21)22-9-6-20(15-33-22)26(39)36-13-10-19(11-14-36)27(40)41/h4-9,15,17,19H,2-3,10-14,16H2,1H3,(H,34,38)(H,40,41). The van der Waals surface area contributed by atoms with E-state index in [0.717, 1.165) is 12.8 Å². The lowest BCUT2D eigenvalue weighted by molar-refractivity contribution is -0.143. The Bertz CT molecular complexity index is 1450. The van der Waals surface area contributed by atoms with Gasteiger partial charge < -0.3 is 24.6 Å². The minimum atomic E-state index is -4.87. The van der Waals surface area contributed by atoms with Gasteiger partial charge in [-0.15, -0.1) is 0 Å². The zero-order valence-corrected chi connectivity index (χ0v) is 22.9. The second-order valence-electron chi connectivity index (χ2n) is 10.7. The fourth-order valence-electron chi connectivity index (χ4n) is 5.27. The predicted octanol–water partition coefficient (Wildman–Crippen LogP) is 5.18. The summed E-state index contributed by atoms with van der Waals surface area (Å²) in [6.45, 7) is 3.72. The summed E-state index contributed by atoms with van der Waals surface area (Å²) < 4.78 is 46.5. The lowest BCUT2D eigenvalue weighted by atomic mass is 9.96. The number of anilines is 2. The molecule has 0 saturated carbocycles. The Balaban J connectivity index is 1.24. The van der Waals surface area contributed by atoms with Crippen molar-refractivity contribution >= 4 is 29.5 Å². The Morgan fingerprint density at radius 3 is 2.33 bits per heavy atom. The van der Waals surface area contributed by atoms with Crippen LogP contribution in [0.1, 0.15) is 59.2 Å². The van der Waals surface area contributed by atoms with E-state index in [0.29, 0.717) is 55.8 Å². The number of carbonyl (C=O) groups is 3. The average molecular weight is 586 g/mol. The fraction of sp³-hybridized carbons (Fsp3) is 0.414. The molecule has 222 valence electrons. The number of aliphatic carboxylic acids is 1. The molecule has 2 aliphatic heterocycles. The number of rotatable bonds is 6. The molecule has 1 atom stereocenters. The van der Waals surface area contributed by atoms with Gasteiger partial charge in [0.1, 0.15) is 0 Å². The maximum atomic E-state index is 13.7. The van der Waals surface area contributed by atoms with E-state index in [-0.39, 0.29) is 23.5 Å². The Hall–Kier alpha value is -4.42. The lowest BCUT2D eigenvalue weighted by Crippen LogP contribution is -2.40. The Morgan fingerprint density at radius 2 is 1.74 bits per heavy atom. The summed E-state index contributed by atoms with van der Waals surface area (Å²) in [4.78, 5) is 48.0. The summed E-state index contributed by atoms with van der Waals surface area (Å²) in [6, 6.07) is 9.41. The number of hydrogen-bond acceptors (Lipinski definition) is 7. The van der Waals surface area contributed by atoms with E-state index in [9.17, 15) is 27.6 Å². The molecule has 2 saturated heterocycles. The van der Waals surface area contributed by atoms with Gasteiger partial charge in [0.25, 0.3) is 17.8 Å². The minimum absolute atomic E-state index is 0.216. The van der Waals surface area contributed by atoms with Crippen molar-refractivity contribution in [1.82, 2.24) is 14.9 Å². The first-order valence-corrected chi connectivity index (χ1v) is 13.7. The van der Waals surface area contributed by atoms with Gasteiger partial charge in [-0.05, 0) is 55.9 Å². The van der Waals surface area contributed by atoms with E-state index in [1.807, 2.05) is 6.92 Å². The number of hydrogen-bond donors (Lipinski definition) is 2. The molecule has 2 aromatic heterocycles. The summed E-state index contributed by atoms with van der Waals surface area (Å²) in [5.74, 6) is -3.20. The fourth-order valence-corrected chi connectivity index (χ4v) is 5.27. The summed E-state index contributed by atoms with van der Waals surface area (Å²) in [7, 11) is 0. The van der Waals surface area contributed by atoms with Crippen LogP contribution in [0.15, 0.2) is 47.0 Å². The van der Waals surface area contributed by atoms with Crippen LogP contribution in [0.25, 0.3) is 11.3 Å². The highest BCUT2D eigenvalue weighted by Crippen LogP contribution is 2.35. The molecule has 5 rings (SSSR count). The number of likely N-dealkylation sites (tertiary alicyclic amines) is 1. The number of pyridine rings is 1. The van der Waals surface area contributed by atoms with E-state index in [4.69, 9.17) is 9.52 Å². The number of carbonyl (C=O) groups excluding carboxylic acids is 2. The van der Waals surface area contributed by atoms with Gasteiger partial charge in [0.05, 0.1) is 17.2 Å². The molecule has 2 fully saturated rings. The van der Waals surface area contributed by atoms with Crippen molar-refractivity contribution in [3.05, 3.63) is 59.6 Å². The SMILES string of the molecule is CC1CCCN(c2nc(C(F)(F)F)c(C(=O)Nc3ccc(-c4ccc(C(=O)N5CCC(C(=O)O)CC5)cn4)cc3)o2)C1. The number of carboxylic acid groups (broad SMARTS) is 1. The number of carboxylic acids is 1. The van der Waals surface area contributed by atoms with Crippen molar-refractivity contribution in [1.29, 1.82) is 0 Å². The number of aromatic nitrogens is 2. The van der Waals surface area contributed by atoms with Crippen LogP contribution in [0, 0.1) is 11.8 Å². The molecule has 0 spiro atoms. The first-order chi connectivity index (χ1) is 20.0. The molecule has 0 radical (unpaired) electrons. The second-order valence-corrected chi connectivity index (χ2v) is 10.7. The quantitative estimate of drug-likeness (QED) is 0.405. The molecule has 2 aliphatic rings. The first-order valence-electron chi connectivity index (χ1n) is 13.7. The van der Waals surface area contributed by atoms with E-state index < -0.39 is 35.4 Å². The Labute approximate surface area is 239 Å². The average Bonchev–Trinajstić information content (AvgIpc) is 3.44. The van der Waals surface area contributed by atoms with Gasteiger partial charge >= 0.3 is 12.1 Å². The highest BCUT2D eigenvalue weighted by Gasteiger charge is 2.42. The van der Waals surface area contributed by atoms with Crippen LogP contribution in [0.4, 0.5) is 24.9 Å². The van der Waals surface area contributed by atoms with Gasteiger partial charge in [-0.25, -0.2) is 0 Å². The molecule has 4 heterocycles. The van der Waals surface area contributed by atoms with Crippen molar-refractivity contribution in [2.24, 2.45) is 11.8 Å². The third kappa shape index (κ3) is 6.39. The largest absolute Gasteiger partial charge is 0.481 e. The van der Waals surface area contributed by atoms with Gasteiger partial charge in [-0.3, -0.25) is 19.4 Å². The van der Waals surface area contributed by atoms with Crippen LogP contribution in [0.2, 0.25) is 0 Å². The summed E-state index contributed by atoms with van der Waals surface area (Å²) in [5.41, 5.74) is 0.464. The van der Waals surface area contributed by atoms with Crippen molar-refractivity contribution in [2.45, 2.75) is 38.8 Å². The van der Waals surface area contributed by atoms with Crippen LogP contribution in [0.5, 0.6) is 0 Å². The molecule has 0 bridgehead atoms. The van der Waals surface area contributed by atoms with E-state index in [2.05, 4.69) is 15.3 Å². The zero-order valence-electron chi connectivity index (χ0n) is 22.9. The van der Waals surface area contributed by atoms with E-state index in [1.54, 1.807) is 34.1 Å².